The van der Waals surface area contributed by atoms with Crippen LogP contribution in [0.3, 0.4) is 0 Å². The second-order valence-electron chi connectivity index (χ2n) is 4.93. The molecule has 4 N–H and O–H groups in total. The summed E-state index contributed by atoms with van der Waals surface area (Å²) >= 11 is 0. The molecule has 98 valence electrons. The highest BCUT2D eigenvalue weighted by molar-refractivity contribution is 5.92. The van der Waals surface area contributed by atoms with Crippen LogP contribution in [0.4, 0.5) is 5.69 Å². The lowest BCUT2D eigenvalue weighted by molar-refractivity contribution is -0.122. The maximum absolute atomic E-state index is 12.0. The van der Waals surface area contributed by atoms with Crippen molar-refractivity contribution < 1.29 is 9.90 Å². The van der Waals surface area contributed by atoms with Gasteiger partial charge in [0.2, 0.25) is 5.91 Å². The summed E-state index contributed by atoms with van der Waals surface area (Å²) in [4.78, 5) is 16.0. The van der Waals surface area contributed by atoms with Crippen LogP contribution in [0, 0.1) is 5.92 Å². The average molecular weight is 249 g/mol. The monoisotopic (exact) mass is 249 g/mol. The standard InChI is InChI=1S/C13H19N3O2/c14-9-13(18)5-3-10(4-6-13)12(17)16-11-2-1-7-15-8-11/h1-2,7-8,10,18H,3-6,9,14H2,(H,16,17). The highest BCUT2D eigenvalue weighted by Gasteiger charge is 2.34. The number of carbonyl (C=O) groups excluding carboxylic acids is 1. The van der Waals surface area contributed by atoms with Crippen molar-refractivity contribution >= 4 is 11.6 Å². The molecule has 0 atom stereocenters. The first kappa shape index (κ1) is 13.0. The molecule has 1 saturated carbocycles. The van der Waals surface area contributed by atoms with Crippen LogP contribution in [-0.4, -0.2) is 28.1 Å². The molecule has 0 saturated heterocycles. The lowest BCUT2D eigenvalue weighted by Crippen LogP contribution is -2.43. The van der Waals surface area contributed by atoms with Gasteiger partial charge in [0.05, 0.1) is 17.5 Å². The van der Waals surface area contributed by atoms with Gasteiger partial charge in [0.1, 0.15) is 0 Å². The van der Waals surface area contributed by atoms with Crippen LogP contribution in [0.5, 0.6) is 0 Å². The van der Waals surface area contributed by atoms with Crippen molar-refractivity contribution in [2.75, 3.05) is 11.9 Å². The number of anilines is 1. The second kappa shape index (κ2) is 5.46. The zero-order valence-corrected chi connectivity index (χ0v) is 10.3. The molecule has 2 rings (SSSR count). The smallest absolute Gasteiger partial charge is 0.227 e. The Morgan fingerprint density at radius 3 is 2.83 bits per heavy atom. The Labute approximate surface area is 106 Å². The Morgan fingerprint density at radius 2 is 2.28 bits per heavy atom. The van der Waals surface area contributed by atoms with Gasteiger partial charge in [-0.1, -0.05) is 0 Å². The van der Waals surface area contributed by atoms with E-state index in [-0.39, 0.29) is 18.4 Å². The summed E-state index contributed by atoms with van der Waals surface area (Å²) in [5.41, 5.74) is 5.46. The zero-order valence-electron chi connectivity index (χ0n) is 10.3. The number of nitrogens with two attached hydrogens (primary N) is 1. The SMILES string of the molecule is NCC1(O)CCC(C(=O)Nc2cccnc2)CC1. The number of rotatable bonds is 3. The lowest BCUT2D eigenvalue weighted by atomic mass is 9.78. The molecule has 1 heterocycles. The van der Waals surface area contributed by atoms with Gasteiger partial charge in [-0.2, -0.15) is 0 Å². The van der Waals surface area contributed by atoms with Crippen LogP contribution < -0.4 is 11.1 Å². The van der Waals surface area contributed by atoms with E-state index in [0.717, 1.165) is 0 Å². The van der Waals surface area contributed by atoms with Gasteiger partial charge in [0.15, 0.2) is 0 Å². The fourth-order valence-corrected chi connectivity index (χ4v) is 2.30. The predicted molar refractivity (Wildman–Crippen MR) is 68.8 cm³/mol. The first-order valence-corrected chi connectivity index (χ1v) is 6.26. The van der Waals surface area contributed by atoms with E-state index >= 15 is 0 Å². The number of nitrogens with zero attached hydrogens (tertiary/aromatic N) is 1. The Bertz CT molecular complexity index is 400. The molecule has 1 aliphatic carbocycles. The van der Waals surface area contributed by atoms with E-state index in [0.29, 0.717) is 31.4 Å². The van der Waals surface area contributed by atoms with Crippen LogP contribution in [-0.2, 0) is 4.79 Å². The molecule has 1 aromatic heterocycles. The summed E-state index contributed by atoms with van der Waals surface area (Å²) in [7, 11) is 0. The number of aliphatic hydroxyl groups is 1. The number of hydrogen-bond acceptors (Lipinski definition) is 4. The number of carbonyl (C=O) groups is 1. The Hall–Kier alpha value is -1.46. The van der Waals surface area contributed by atoms with Gasteiger partial charge >= 0.3 is 0 Å². The molecule has 0 aromatic carbocycles. The van der Waals surface area contributed by atoms with E-state index in [1.54, 1.807) is 18.5 Å². The highest BCUT2D eigenvalue weighted by atomic mass is 16.3. The summed E-state index contributed by atoms with van der Waals surface area (Å²) < 4.78 is 0. The molecule has 0 bridgehead atoms. The van der Waals surface area contributed by atoms with Gasteiger partial charge in [-0.25, -0.2) is 0 Å². The van der Waals surface area contributed by atoms with Crippen molar-refractivity contribution in [3.63, 3.8) is 0 Å². The third kappa shape index (κ3) is 3.05. The van der Waals surface area contributed by atoms with Crippen molar-refractivity contribution in [2.45, 2.75) is 31.3 Å². The van der Waals surface area contributed by atoms with Crippen LogP contribution >= 0.6 is 0 Å². The number of nitrogens with one attached hydrogen (secondary N) is 1. The van der Waals surface area contributed by atoms with Gasteiger partial charge in [-0.15, -0.1) is 0 Å². The predicted octanol–water partition coefficient (Wildman–Crippen LogP) is 0.900. The molecule has 1 amide bonds. The molecule has 0 radical (unpaired) electrons. The fourth-order valence-electron chi connectivity index (χ4n) is 2.30. The zero-order chi connectivity index (χ0) is 13.0. The van der Waals surface area contributed by atoms with Gasteiger partial charge in [0.25, 0.3) is 0 Å². The minimum Gasteiger partial charge on any atom is -0.389 e. The summed E-state index contributed by atoms with van der Waals surface area (Å²) in [6, 6.07) is 3.59. The van der Waals surface area contributed by atoms with Gasteiger partial charge in [-0.3, -0.25) is 9.78 Å². The normalized spacial score (nSPS) is 27.8. The second-order valence-corrected chi connectivity index (χ2v) is 4.93. The van der Waals surface area contributed by atoms with E-state index in [1.165, 1.54) is 0 Å². The quantitative estimate of drug-likeness (QED) is 0.742. The molecule has 0 unspecified atom stereocenters. The summed E-state index contributed by atoms with van der Waals surface area (Å²) in [5, 5.41) is 12.8. The van der Waals surface area contributed by atoms with Gasteiger partial charge < -0.3 is 16.2 Å². The molecule has 18 heavy (non-hydrogen) atoms. The van der Waals surface area contributed by atoms with Crippen LogP contribution in [0.25, 0.3) is 0 Å². The maximum Gasteiger partial charge on any atom is 0.227 e. The third-order valence-corrected chi connectivity index (χ3v) is 3.60. The van der Waals surface area contributed by atoms with Crippen LogP contribution in [0.1, 0.15) is 25.7 Å². The third-order valence-electron chi connectivity index (χ3n) is 3.60. The molecular weight excluding hydrogens is 230 g/mol. The first-order chi connectivity index (χ1) is 8.63. The molecule has 1 fully saturated rings. The summed E-state index contributed by atoms with van der Waals surface area (Å²) in [6.45, 7) is 0.268. The molecule has 1 aliphatic rings. The molecule has 0 aliphatic heterocycles. The minimum absolute atomic E-state index is 0.00192. The van der Waals surface area contributed by atoms with E-state index in [1.807, 2.05) is 6.07 Å². The largest absolute Gasteiger partial charge is 0.389 e. The maximum atomic E-state index is 12.0. The Morgan fingerprint density at radius 1 is 1.56 bits per heavy atom. The molecule has 5 heteroatoms. The van der Waals surface area contributed by atoms with Crippen LogP contribution in [0.15, 0.2) is 24.5 Å². The number of hydrogen-bond donors (Lipinski definition) is 3. The Balaban J connectivity index is 1.88. The van der Waals surface area contributed by atoms with Crippen LogP contribution in [0.2, 0.25) is 0 Å². The van der Waals surface area contributed by atoms with Crippen molar-refractivity contribution in [3.05, 3.63) is 24.5 Å². The summed E-state index contributed by atoms with van der Waals surface area (Å²) in [5.74, 6) is -0.0425. The fraction of sp³-hybridized carbons (Fsp3) is 0.538. The lowest BCUT2D eigenvalue weighted by Gasteiger charge is -2.34. The first-order valence-electron chi connectivity index (χ1n) is 6.26. The van der Waals surface area contributed by atoms with Crippen molar-refractivity contribution in [1.29, 1.82) is 0 Å². The topological polar surface area (TPSA) is 88.2 Å². The van der Waals surface area contributed by atoms with E-state index in [4.69, 9.17) is 5.73 Å². The Kier molecular flexibility index (Phi) is 3.93. The highest BCUT2D eigenvalue weighted by Crippen LogP contribution is 2.31. The van der Waals surface area contributed by atoms with Gasteiger partial charge in [-0.05, 0) is 37.8 Å². The number of amides is 1. The number of pyridine rings is 1. The van der Waals surface area contributed by atoms with E-state index in [2.05, 4.69) is 10.3 Å². The number of aromatic nitrogens is 1. The summed E-state index contributed by atoms with van der Waals surface area (Å²) in [6.07, 6.45) is 5.83. The van der Waals surface area contributed by atoms with Crippen molar-refractivity contribution in [2.24, 2.45) is 11.7 Å². The molecule has 1 aromatic rings. The average Bonchev–Trinajstić information content (AvgIpc) is 2.40. The van der Waals surface area contributed by atoms with E-state index < -0.39 is 5.60 Å². The van der Waals surface area contributed by atoms with E-state index in [9.17, 15) is 9.90 Å². The van der Waals surface area contributed by atoms with Crippen molar-refractivity contribution in [3.8, 4) is 0 Å². The van der Waals surface area contributed by atoms with Crippen molar-refractivity contribution in [1.82, 2.24) is 4.98 Å². The molecular formula is C13H19N3O2. The minimum atomic E-state index is -0.773. The van der Waals surface area contributed by atoms with Gasteiger partial charge in [0, 0.05) is 18.7 Å². The molecule has 0 spiro atoms. The molecule has 5 nitrogen and oxygen atoms in total.